The average Bonchev–Trinajstić information content (AvgIpc) is 3.28. The molecule has 0 amide bonds. The summed E-state index contributed by atoms with van der Waals surface area (Å²) in [6.45, 7) is 11.8. The Morgan fingerprint density at radius 2 is 1.89 bits per heavy atom. The molecule has 0 aromatic carbocycles. The molecule has 2 aliphatic carbocycles. The van der Waals surface area contributed by atoms with E-state index in [9.17, 15) is 9.90 Å². The van der Waals surface area contributed by atoms with Crippen LogP contribution in [0.25, 0.3) is 0 Å². The van der Waals surface area contributed by atoms with Crippen LogP contribution in [-0.4, -0.2) is 33.6 Å². The summed E-state index contributed by atoms with van der Waals surface area (Å²) >= 11 is 6.59. The SMILES string of the molecule is C/C=C(\C)[C@H]1[C@@H](/C=C/C=C(\C)C(C)=O)[C@@H]2C[C@@H](Cl)[C@](C)(O)C[C@H]2[C@@H]2O[C@@]21C. The van der Waals surface area contributed by atoms with Gasteiger partial charge in [0.1, 0.15) is 0 Å². The Balaban J connectivity index is 1.98. The number of rotatable bonds is 4. The summed E-state index contributed by atoms with van der Waals surface area (Å²) in [6.07, 6.45) is 10.0. The fourth-order valence-electron chi connectivity index (χ4n) is 5.46. The van der Waals surface area contributed by atoms with Crippen LogP contribution in [0.5, 0.6) is 0 Å². The Morgan fingerprint density at radius 3 is 2.48 bits per heavy atom. The van der Waals surface area contributed by atoms with Gasteiger partial charge in [0.05, 0.1) is 22.7 Å². The monoisotopic (exact) mass is 392 g/mol. The van der Waals surface area contributed by atoms with Gasteiger partial charge in [-0.15, -0.1) is 11.6 Å². The molecule has 0 aromatic rings. The maximum absolute atomic E-state index is 11.5. The minimum atomic E-state index is -0.850. The van der Waals surface area contributed by atoms with Crippen LogP contribution in [-0.2, 0) is 9.53 Å². The van der Waals surface area contributed by atoms with Crippen molar-refractivity contribution in [2.75, 3.05) is 0 Å². The van der Waals surface area contributed by atoms with Crippen LogP contribution in [0.2, 0.25) is 0 Å². The van der Waals surface area contributed by atoms with E-state index in [1.54, 1.807) is 6.92 Å². The van der Waals surface area contributed by atoms with Crippen molar-refractivity contribution in [3.8, 4) is 0 Å². The third-order valence-corrected chi connectivity index (χ3v) is 7.96. The van der Waals surface area contributed by atoms with E-state index < -0.39 is 5.60 Å². The number of ether oxygens (including phenoxy) is 1. The van der Waals surface area contributed by atoms with Gasteiger partial charge in [0.15, 0.2) is 5.78 Å². The molecule has 0 spiro atoms. The van der Waals surface area contributed by atoms with Gasteiger partial charge in [0.2, 0.25) is 0 Å². The zero-order chi connectivity index (χ0) is 20.1. The molecule has 3 rings (SSSR count). The van der Waals surface area contributed by atoms with Crippen LogP contribution < -0.4 is 0 Å². The van der Waals surface area contributed by atoms with Crippen molar-refractivity contribution >= 4 is 17.4 Å². The minimum Gasteiger partial charge on any atom is -0.389 e. The molecule has 3 fully saturated rings. The number of halogens is 1. The number of Topliss-reactive ketones (excluding diaryl/α,β-unsaturated/α-hetero) is 1. The molecule has 1 aliphatic heterocycles. The van der Waals surface area contributed by atoms with E-state index in [1.165, 1.54) is 5.57 Å². The Kier molecular flexibility index (Phi) is 5.53. The Hall–Kier alpha value is -0.900. The first-order chi connectivity index (χ1) is 12.5. The predicted molar refractivity (Wildman–Crippen MR) is 110 cm³/mol. The van der Waals surface area contributed by atoms with Crippen LogP contribution in [0.15, 0.2) is 35.5 Å². The number of fused-ring (bicyclic) bond motifs is 3. The van der Waals surface area contributed by atoms with Crippen molar-refractivity contribution in [3.63, 3.8) is 0 Å². The van der Waals surface area contributed by atoms with E-state index in [0.717, 1.165) is 12.0 Å². The molecule has 3 nitrogen and oxygen atoms in total. The van der Waals surface area contributed by atoms with Crippen LogP contribution in [0.4, 0.5) is 0 Å². The van der Waals surface area contributed by atoms with Gasteiger partial charge in [0, 0.05) is 5.92 Å². The molecule has 8 atom stereocenters. The van der Waals surface area contributed by atoms with E-state index in [4.69, 9.17) is 16.3 Å². The molecule has 1 N–H and O–H groups in total. The molecule has 1 heterocycles. The van der Waals surface area contributed by atoms with Gasteiger partial charge >= 0.3 is 0 Å². The van der Waals surface area contributed by atoms with Crippen LogP contribution in [0, 0.1) is 23.7 Å². The van der Waals surface area contributed by atoms with E-state index in [-0.39, 0.29) is 28.8 Å². The second-order valence-corrected chi connectivity index (χ2v) is 9.72. The van der Waals surface area contributed by atoms with Crippen LogP contribution >= 0.6 is 11.6 Å². The molecule has 0 bridgehead atoms. The summed E-state index contributed by atoms with van der Waals surface area (Å²) in [5.74, 6) is 1.35. The molecule has 1 saturated heterocycles. The third kappa shape index (κ3) is 3.59. The zero-order valence-corrected chi connectivity index (χ0v) is 18.1. The highest BCUT2D eigenvalue weighted by Crippen LogP contribution is 2.64. The van der Waals surface area contributed by atoms with Crippen molar-refractivity contribution in [1.29, 1.82) is 0 Å². The molecule has 2 saturated carbocycles. The van der Waals surface area contributed by atoms with Gasteiger partial charge in [-0.05, 0) is 77.7 Å². The lowest BCUT2D eigenvalue weighted by Crippen LogP contribution is -2.54. The highest BCUT2D eigenvalue weighted by atomic mass is 35.5. The molecule has 150 valence electrons. The lowest BCUT2D eigenvalue weighted by Gasteiger charge is -2.50. The normalized spacial score (nSPS) is 47.6. The number of carbonyl (C=O) groups is 1. The Labute approximate surface area is 168 Å². The smallest absolute Gasteiger partial charge is 0.155 e. The average molecular weight is 393 g/mol. The van der Waals surface area contributed by atoms with Gasteiger partial charge in [0.25, 0.3) is 0 Å². The summed E-state index contributed by atoms with van der Waals surface area (Å²) in [5, 5.41) is 10.5. The number of ketones is 1. The van der Waals surface area contributed by atoms with Gasteiger partial charge in [-0.3, -0.25) is 4.79 Å². The third-order valence-electron chi connectivity index (χ3n) is 7.31. The highest BCUT2D eigenvalue weighted by Gasteiger charge is 2.70. The number of alkyl halides is 1. The summed E-state index contributed by atoms with van der Waals surface area (Å²) < 4.78 is 6.30. The number of hydrogen-bond acceptors (Lipinski definition) is 3. The summed E-state index contributed by atoms with van der Waals surface area (Å²) in [6, 6.07) is 0. The van der Waals surface area contributed by atoms with Crippen molar-refractivity contribution in [3.05, 3.63) is 35.5 Å². The number of carbonyl (C=O) groups excluding carboxylic acids is 1. The van der Waals surface area contributed by atoms with Crippen molar-refractivity contribution in [2.45, 2.75) is 77.1 Å². The first kappa shape index (κ1) is 20.8. The van der Waals surface area contributed by atoms with E-state index >= 15 is 0 Å². The largest absolute Gasteiger partial charge is 0.389 e. The summed E-state index contributed by atoms with van der Waals surface area (Å²) in [7, 11) is 0. The molecule has 0 radical (unpaired) electrons. The molecule has 3 aliphatic rings. The fraction of sp³-hybridized carbons (Fsp3) is 0.696. The minimum absolute atomic E-state index is 0.0921. The quantitative estimate of drug-likeness (QED) is 0.245. The number of hydrogen-bond donors (Lipinski definition) is 1. The van der Waals surface area contributed by atoms with Crippen molar-refractivity contribution in [2.24, 2.45) is 23.7 Å². The Morgan fingerprint density at radius 1 is 1.22 bits per heavy atom. The van der Waals surface area contributed by atoms with Crippen LogP contribution in [0.3, 0.4) is 0 Å². The number of epoxide rings is 1. The molecule has 27 heavy (non-hydrogen) atoms. The lowest BCUT2D eigenvalue weighted by atomic mass is 9.55. The van der Waals surface area contributed by atoms with Crippen LogP contribution in [0.1, 0.15) is 54.4 Å². The molecule has 0 unspecified atom stereocenters. The number of allylic oxidation sites excluding steroid dienone is 5. The lowest BCUT2D eigenvalue weighted by molar-refractivity contribution is -0.113. The zero-order valence-electron chi connectivity index (χ0n) is 17.3. The molecular formula is C23H33ClO3. The molecule has 4 heteroatoms. The second kappa shape index (κ2) is 7.17. The summed E-state index contributed by atoms with van der Waals surface area (Å²) in [4.78, 5) is 11.5. The van der Waals surface area contributed by atoms with Gasteiger partial charge < -0.3 is 9.84 Å². The van der Waals surface area contributed by atoms with E-state index in [2.05, 4.69) is 32.9 Å². The van der Waals surface area contributed by atoms with E-state index in [1.807, 2.05) is 26.0 Å². The first-order valence-corrected chi connectivity index (χ1v) is 10.5. The maximum Gasteiger partial charge on any atom is 0.155 e. The van der Waals surface area contributed by atoms with Gasteiger partial charge in [-0.2, -0.15) is 0 Å². The number of aliphatic hydroxyl groups is 1. The van der Waals surface area contributed by atoms with Gasteiger partial charge in [-0.25, -0.2) is 0 Å². The second-order valence-electron chi connectivity index (χ2n) is 9.19. The Bertz CT molecular complexity index is 704. The fourth-order valence-corrected chi connectivity index (χ4v) is 5.76. The topological polar surface area (TPSA) is 49.8 Å². The summed E-state index contributed by atoms with van der Waals surface area (Å²) in [5.41, 5.74) is 1.06. The maximum atomic E-state index is 11.5. The predicted octanol–water partition coefficient (Wildman–Crippen LogP) is 4.83. The molecular weight excluding hydrogens is 360 g/mol. The van der Waals surface area contributed by atoms with Gasteiger partial charge in [-0.1, -0.05) is 29.9 Å². The van der Waals surface area contributed by atoms with E-state index in [0.29, 0.717) is 24.2 Å². The highest BCUT2D eigenvalue weighted by molar-refractivity contribution is 6.21. The first-order valence-electron chi connectivity index (χ1n) is 10.1. The molecule has 0 aromatic heterocycles. The van der Waals surface area contributed by atoms with Crippen molar-refractivity contribution < 1.29 is 14.6 Å². The standard InChI is InChI=1S/C23H33ClO3/c1-7-13(2)20-16(10-8-9-14(3)15(4)25)17-11-19(24)22(5,26)12-18(17)21-23(20,6)27-21/h7-10,16-21,26H,11-12H2,1-6H3/b10-8+,13-7+,14-9+/t16-,17-,18+,19+,20-,21-,22+,23+/m0/s1. The van der Waals surface area contributed by atoms with Crippen molar-refractivity contribution in [1.82, 2.24) is 0 Å².